The normalized spacial score (nSPS) is 11.8. The van der Waals surface area contributed by atoms with Crippen LogP contribution in [-0.4, -0.2) is 8.42 Å². The summed E-state index contributed by atoms with van der Waals surface area (Å²) in [5.74, 6) is -1.82. The second kappa shape index (κ2) is 7.02. The lowest BCUT2D eigenvalue weighted by molar-refractivity contribution is 0.544. The summed E-state index contributed by atoms with van der Waals surface area (Å²) in [4.78, 5) is 0.149. The van der Waals surface area contributed by atoms with Crippen molar-refractivity contribution in [3.8, 4) is 0 Å². The summed E-state index contributed by atoms with van der Waals surface area (Å²) in [5.41, 5.74) is 3.63. The molecule has 0 unspecified atom stereocenters. The number of benzene rings is 2. The number of halogens is 3. The average molecular weight is 388 g/mol. The summed E-state index contributed by atoms with van der Waals surface area (Å²) >= 11 is 5.64. The van der Waals surface area contributed by atoms with Crippen molar-refractivity contribution in [1.82, 2.24) is 4.72 Å². The Morgan fingerprint density at radius 1 is 0.920 bits per heavy atom. The Labute approximate surface area is 152 Å². The first-order valence-electron chi connectivity index (χ1n) is 7.68. The lowest BCUT2D eigenvalue weighted by atomic mass is 9.95. The van der Waals surface area contributed by atoms with Crippen molar-refractivity contribution in [2.24, 2.45) is 0 Å². The van der Waals surface area contributed by atoms with Gasteiger partial charge < -0.3 is 0 Å². The quantitative estimate of drug-likeness (QED) is 0.777. The molecular formula is C18H20ClF2NO2S. The third-order valence-electron chi connectivity index (χ3n) is 4.78. The number of sulfonamides is 1. The SMILES string of the molecule is Cc1c(C)c(C)c(S(=O)(=O)NCc2c(F)ccc(Cl)c2F)c(C)c1C. The molecule has 0 aromatic heterocycles. The molecule has 2 aromatic rings. The van der Waals surface area contributed by atoms with Crippen molar-refractivity contribution in [3.63, 3.8) is 0 Å². The van der Waals surface area contributed by atoms with Crippen molar-refractivity contribution < 1.29 is 17.2 Å². The predicted octanol–water partition coefficient (Wildman–Crippen LogP) is 4.64. The zero-order chi connectivity index (χ0) is 19.1. The van der Waals surface area contributed by atoms with E-state index in [0.717, 1.165) is 28.8 Å². The van der Waals surface area contributed by atoms with E-state index in [2.05, 4.69) is 4.72 Å². The van der Waals surface area contributed by atoms with Crippen molar-refractivity contribution in [2.45, 2.75) is 46.1 Å². The fraction of sp³-hybridized carbons (Fsp3) is 0.333. The van der Waals surface area contributed by atoms with Gasteiger partial charge in [0.2, 0.25) is 10.0 Å². The predicted molar refractivity (Wildman–Crippen MR) is 95.5 cm³/mol. The third kappa shape index (κ3) is 3.57. The standard InChI is InChI=1S/C18H20ClF2NO2S/c1-9-10(2)12(4)18(13(5)11(9)3)25(23,24)22-8-14-16(20)7-6-15(19)17(14)21/h6-7,22H,8H2,1-5H3. The first-order valence-corrected chi connectivity index (χ1v) is 9.54. The maximum atomic E-state index is 14.0. The van der Waals surface area contributed by atoms with Crippen LogP contribution >= 0.6 is 11.6 Å². The van der Waals surface area contributed by atoms with Crippen LogP contribution in [0.25, 0.3) is 0 Å². The third-order valence-corrected chi connectivity index (χ3v) is 6.74. The molecule has 2 aromatic carbocycles. The average Bonchev–Trinajstić information content (AvgIpc) is 2.54. The highest BCUT2D eigenvalue weighted by molar-refractivity contribution is 7.89. The van der Waals surface area contributed by atoms with Crippen molar-refractivity contribution in [3.05, 3.63) is 62.2 Å². The molecule has 0 radical (unpaired) electrons. The lowest BCUT2D eigenvalue weighted by Crippen LogP contribution is -2.26. The second-order valence-corrected chi connectivity index (χ2v) is 8.21. The molecule has 25 heavy (non-hydrogen) atoms. The summed E-state index contributed by atoms with van der Waals surface area (Å²) in [7, 11) is -3.95. The molecule has 0 aliphatic carbocycles. The highest BCUT2D eigenvalue weighted by atomic mass is 35.5. The molecule has 0 saturated heterocycles. The van der Waals surface area contributed by atoms with E-state index in [4.69, 9.17) is 11.6 Å². The summed E-state index contributed by atoms with van der Waals surface area (Å²) in [6.07, 6.45) is 0. The summed E-state index contributed by atoms with van der Waals surface area (Å²) < 4.78 is 55.6. The van der Waals surface area contributed by atoms with E-state index in [-0.39, 0.29) is 9.92 Å². The first-order chi connectivity index (χ1) is 11.5. The molecule has 3 nitrogen and oxygen atoms in total. The summed E-state index contributed by atoms with van der Waals surface area (Å²) in [5, 5.41) is -0.259. The van der Waals surface area contributed by atoms with Crippen molar-refractivity contribution in [1.29, 1.82) is 0 Å². The number of nitrogens with one attached hydrogen (secondary N) is 1. The minimum atomic E-state index is -3.95. The van der Waals surface area contributed by atoms with Crippen LogP contribution in [0.3, 0.4) is 0 Å². The van der Waals surface area contributed by atoms with Gasteiger partial charge in [0, 0.05) is 12.1 Å². The minimum absolute atomic E-state index is 0.149. The Kier molecular flexibility index (Phi) is 5.56. The molecule has 1 N–H and O–H groups in total. The molecule has 0 fully saturated rings. The van der Waals surface area contributed by atoms with E-state index in [0.29, 0.717) is 11.1 Å². The molecule has 0 amide bonds. The molecule has 136 valence electrons. The molecular weight excluding hydrogens is 368 g/mol. The highest BCUT2D eigenvalue weighted by Gasteiger charge is 2.24. The van der Waals surface area contributed by atoms with Crippen LogP contribution in [0.5, 0.6) is 0 Å². The highest BCUT2D eigenvalue weighted by Crippen LogP contribution is 2.30. The fourth-order valence-electron chi connectivity index (χ4n) is 2.84. The minimum Gasteiger partial charge on any atom is -0.207 e. The van der Waals surface area contributed by atoms with E-state index < -0.39 is 33.8 Å². The van der Waals surface area contributed by atoms with Gasteiger partial charge in [0.05, 0.1) is 9.92 Å². The van der Waals surface area contributed by atoms with Gasteiger partial charge in [-0.15, -0.1) is 0 Å². The second-order valence-electron chi connectivity index (χ2n) is 6.10. The molecule has 0 aliphatic heterocycles. The molecule has 7 heteroatoms. The number of hydrogen-bond donors (Lipinski definition) is 1. The van der Waals surface area contributed by atoms with Gasteiger partial charge in [-0.25, -0.2) is 21.9 Å². The van der Waals surface area contributed by atoms with Crippen LogP contribution in [0.15, 0.2) is 17.0 Å². The monoisotopic (exact) mass is 387 g/mol. The lowest BCUT2D eigenvalue weighted by Gasteiger charge is -2.19. The van der Waals surface area contributed by atoms with E-state index in [1.165, 1.54) is 0 Å². The first kappa shape index (κ1) is 19.8. The van der Waals surface area contributed by atoms with E-state index >= 15 is 0 Å². The Hall–Kier alpha value is -1.50. The fourth-order valence-corrected chi connectivity index (χ4v) is 4.61. The van der Waals surface area contributed by atoms with E-state index in [9.17, 15) is 17.2 Å². The van der Waals surface area contributed by atoms with Gasteiger partial charge in [0.15, 0.2) is 0 Å². The number of hydrogen-bond acceptors (Lipinski definition) is 2. The van der Waals surface area contributed by atoms with Crippen LogP contribution in [-0.2, 0) is 16.6 Å². The zero-order valence-corrected chi connectivity index (χ0v) is 16.3. The smallest absolute Gasteiger partial charge is 0.207 e. The van der Waals surface area contributed by atoms with Crippen LogP contribution in [0.4, 0.5) is 8.78 Å². The maximum Gasteiger partial charge on any atom is 0.241 e. The molecule has 0 aliphatic rings. The Bertz CT molecular complexity index is 927. The van der Waals surface area contributed by atoms with Crippen LogP contribution < -0.4 is 4.72 Å². The molecule has 0 bridgehead atoms. The van der Waals surface area contributed by atoms with Gasteiger partial charge in [0.1, 0.15) is 11.6 Å². The van der Waals surface area contributed by atoms with Crippen LogP contribution in [0.1, 0.15) is 33.4 Å². The van der Waals surface area contributed by atoms with Crippen molar-refractivity contribution >= 4 is 21.6 Å². The molecule has 0 saturated carbocycles. The van der Waals surface area contributed by atoms with Gasteiger partial charge in [-0.1, -0.05) is 11.6 Å². The van der Waals surface area contributed by atoms with Gasteiger partial charge >= 0.3 is 0 Å². The molecule has 2 rings (SSSR count). The van der Waals surface area contributed by atoms with E-state index in [1.807, 2.05) is 20.8 Å². The van der Waals surface area contributed by atoms with Crippen LogP contribution in [0.2, 0.25) is 5.02 Å². The van der Waals surface area contributed by atoms with E-state index in [1.54, 1.807) is 13.8 Å². The largest absolute Gasteiger partial charge is 0.241 e. The van der Waals surface area contributed by atoms with Gasteiger partial charge in [-0.05, 0) is 74.6 Å². The summed E-state index contributed by atoms with van der Waals surface area (Å²) in [6, 6.07) is 2.09. The molecule has 0 atom stereocenters. The maximum absolute atomic E-state index is 14.0. The zero-order valence-electron chi connectivity index (χ0n) is 14.7. The Balaban J connectivity index is 2.48. The Morgan fingerprint density at radius 2 is 1.40 bits per heavy atom. The van der Waals surface area contributed by atoms with Gasteiger partial charge in [-0.3, -0.25) is 0 Å². The van der Waals surface area contributed by atoms with Gasteiger partial charge in [0.25, 0.3) is 0 Å². The molecule has 0 spiro atoms. The molecule has 0 heterocycles. The summed E-state index contributed by atoms with van der Waals surface area (Å²) in [6.45, 7) is 8.57. The van der Waals surface area contributed by atoms with Gasteiger partial charge in [-0.2, -0.15) is 0 Å². The van der Waals surface area contributed by atoms with Crippen molar-refractivity contribution in [2.75, 3.05) is 0 Å². The Morgan fingerprint density at radius 3 is 1.92 bits per heavy atom. The number of rotatable bonds is 4. The topological polar surface area (TPSA) is 46.2 Å². The van der Waals surface area contributed by atoms with Crippen LogP contribution in [0, 0.1) is 46.3 Å².